The quantitative estimate of drug-likeness (QED) is 0.0731. The molecule has 3 aliphatic carbocycles. The Hall–Kier alpha value is -4.46. The summed E-state index contributed by atoms with van der Waals surface area (Å²) in [5.74, 6) is -0.721. The summed E-state index contributed by atoms with van der Waals surface area (Å²) in [7, 11) is 0. The molecule has 0 amide bonds. The van der Waals surface area contributed by atoms with E-state index < -0.39 is 22.3 Å². The third-order valence-electron chi connectivity index (χ3n) is 13.0. The molecule has 0 aromatic heterocycles. The summed E-state index contributed by atoms with van der Waals surface area (Å²) in [6, 6.07) is 5.27. The Balaban J connectivity index is 1.67. The van der Waals surface area contributed by atoms with Crippen molar-refractivity contribution in [3.05, 3.63) is 137 Å². The van der Waals surface area contributed by atoms with Crippen LogP contribution in [0.25, 0.3) is 0 Å². The van der Waals surface area contributed by atoms with Crippen molar-refractivity contribution in [2.75, 3.05) is 12.9 Å². The minimum Gasteiger partial charge on any atom is -0.489 e. The third-order valence-corrected chi connectivity index (χ3v) is 14.3. The molecule has 62 heavy (non-hydrogen) atoms. The molecule has 9 heteroatoms. The first kappa shape index (κ1) is 50.2. The first-order chi connectivity index (χ1) is 29.1. The lowest BCUT2D eigenvalue weighted by atomic mass is 9.70. The van der Waals surface area contributed by atoms with Gasteiger partial charge in [0.2, 0.25) is 0 Å². The number of fused-ring (bicyclic) bond motifs is 1. The average Bonchev–Trinajstić information content (AvgIpc) is 3.50. The molecule has 2 N–H and O–H groups in total. The Morgan fingerprint density at radius 2 is 1.77 bits per heavy atom. The fourth-order valence-electron chi connectivity index (χ4n) is 8.83. The van der Waals surface area contributed by atoms with Crippen LogP contribution in [0.5, 0.6) is 0 Å². The number of allylic oxidation sites excluding steroid dienone is 11. The maximum Gasteiger partial charge on any atom is 0.175 e. The van der Waals surface area contributed by atoms with Crippen molar-refractivity contribution in [2.45, 2.75) is 129 Å². The third kappa shape index (κ3) is 11.8. The average molecular weight is 869 g/mol. The standard InChI is InChI=1S/C53H67F3N2O3S/c1-12-25-52(55,13-2)42-21-18-38(19-22-42)46(57)31-48(59)44-29-41-17-16-39(34(6)27-40(41)20-24-49(44)61-32-36(8)54)30-47(58)43-28-37(26-35(7)50(60)51(9,10)62-11)15-23-45(43)53(56,14-3)33(4)5/h12,14-17,23-24,28-30,34-36,38,42,57-58H,1,3-4,13,18-19,21-22,25-27,31-32H2,2,5-11H3/b39-30-,57-46?,58-47?. The van der Waals surface area contributed by atoms with Crippen molar-refractivity contribution in [1.82, 2.24) is 0 Å². The van der Waals surface area contributed by atoms with Gasteiger partial charge in [-0.2, -0.15) is 11.8 Å². The van der Waals surface area contributed by atoms with Crippen LogP contribution in [-0.4, -0.2) is 52.4 Å². The number of Topliss-reactive ketones (excluding diaryl/α,β-unsaturated/α-hetero) is 2. The van der Waals surface area contributed by atoms with Crippen molar-refractivity contribution in [3.8, 4) is 0 Å². The van der Waals surface area contributed by atoms with Gasteiger partial charge in [0.1, 0.15) is 24.2 Å². The van der Waals surface area contributed by atoms with E-state index in [-0.39, 0.29) is 76.4 Å². The number of hydrogen-bond acceptors (Lipinski definition) is 6. The predicted octanol–water partition coefficient (Wildman–Crippen LogP) is 13.5. The Morgan fingerprint density at radius 3 is 2.35 bits per heavy atom. The molecule has 0 aliphatic heterocycles. The Kier molecular flexibility index (Phi) is 17.2. The lowest BCUT2D eigenvalue weighted by Crippen LogP contribution is -2.36. The van der Waals surface area contributed by atoms with Gasteiger partial charge in [0, 0.05) is 40.8 Å². The second kappa shape index (κ2) is 21.3. The Labute approximate surface area is 373 Å². The van der Waals surface area contributed by atoms with Gasteiger partial charge in [-0.15, -0.1) is 12.3 Å². The van der Waals surface area contributed by atoms with E-state index >= 15 is 8.78 Å². The van der Waals surface area contributed by atoms with Gasteiger partial charge in [-0.25, -0.2) is 13.2 Å². The van der Waals surface area contributed by atoms with Crippen LogP contribution in [0.15, 0.2) is 120 Å². The van der Waals surface area contributed by atoms with Crippen molar-refractivity contribution >= 4 is 34.8 Å². The second-order valence-corrected chi connectivity index (χ2v) is 19.5. The van der Waals surface area contributed by atoms with Crippen LogP contribution in [0.4, 0.5) is 13.2 Å². The van der Waals surface area contributed by atoms with Gasteiger partial charge >= 0.3 is 0 Å². The number of ketones is 2. The molecule has 3 aliphatic rings. The Morgan fingerprint density at radius 1 is 1.10 bits per heavy atom. The molecule has 0 heterocycles. The van der Waals surface area contributed by atoms with Crippen molar-refractivity contribution < 1.29 is 27.5 Å². The van der Waals surface area contributed by atoms with Gasteiger partial charge < -0.3 is 15.6 Å². The number of nitrogens with one attached hydrogen (secondary N) is 2. The van der Waals surface area contributed by atoms with Crippen molar-refractivity contribution in [2.24, 2.45) is 23.7 Å². The molecule has 0 saturated heterocycles. The summed E-state index contributed by atoms with van der Waals surface area (Å²) >= 11 is 1.50. The van der Waals surface area contributed by atoms with E-state index in [0.717, 1.165) is 16.7 Å². The maximum atomic E-state index is 16.7. The van der Waals surface area contributed by atoms with E-state index in [2.05, 4.69) is 25.5 Å². The predicted molar refractivity (Wildman–Crippen MR) is 253 cm³/mol. The number of halogens is 3. The number of carbonyl (C=O) groups is 2. The molecule has 0 bridgehead atoms. The first-order valence-corrected chi connectivity index (χ1v) is 23.2. The smallest absolute Gasteiger partial charge is 0.175 e. The van der Waals surface area contributed by atoms with Gasteiger partial charge in [-0.1, -0.05) is 64.3 Å². The minimum atomic E-state index is -2.11. The highest BCUT2D eigenvalue weighted by Gasteiger charge is 2.40. The van der Waals surface area contributed by atoms with Crippen molar-refractivity contribution in [3.63, 3.8) is 0 Å². The molecule has 1 aromatic rings. The largest absolute Gasteiger partial charge is 0.489 e. The second-order valence-electron chi connectivity index (χ2n) is 18.0. The fraction of sp³-hybridized carbons (Fsp3) is 0.491. The van der Waals surface area contributed by atoms with E-state index in [0.29, 0.717) is 68.2 Å². The van der Waals surface area contributed by atoms with Gasteiger partial charge in [-0.3, -0.25) is 9.59 Å². The van der Waals surface area contributed by atoms with Crippen LogP contribution in [0.3, 0.4) is 0 Å². The number of carbonyl (C=O) groups excluding carboxylic acids is 2. The zero-order chi connectivity index (χ0) is 46.2. The summed E-state index contributed by atoms with van der Waals surface area (Å²) in [6.45, 7) is 23.7. The summed E-state index contributed by atoms with van der Waals surface area (Å²) in [4.78, 5) is 27.4. The minimum absolute atomic E-state index is 0.0782. The monoisotopic (exact) mass is 868 g/mol. The SMILES string of the molecule is C=CCC(F)(CC)C1CCC(C(=N)CC(=O)C2=C(OCC(C)F)C=C=C3CC(C)/C(=C\C(=N)c4cc(CC(C)C(=O)C(C)(C)SC)ccc4C(F)(C=C)C(=C)C)C=CC3=C2)CC1. The summed E-state index contributed by atoms with van der Waals surface area (Å²) in [5.41, 5.74) is 4.39. The number of hydrogen-bond donors (Lipinski definition) is 2. The topological polar surface area (TPSA) is 91.1 Å². The molecule has 5 atom stereocenters. The van der Waals surface area contributed by atoms with Crippen LogP contribution in [0, 0.1) is 34.5 Å². The first-order valence-electron chi connectivity index (χ1n) is 21.9. The van der Waals surface area contributed by atoms with E-state index in [1.807, 2.05) is 53.0 Å². The van der Waals surface area contributed by atoms with Crippen molar-refractivity contribution in [1.29, 1.82) is 10.8 Å². The molecule has 334 valence electrons. The van der Waals surface area contributed by atoms with Gasteiger partial charge in [0.15, 0.2) is 17.2 Å². The normalized spacial score (nSPS) is 22.7. The fourth-order valence-corrected chi connectivity index (χ4v) is 9.23. The maximum absolute atomic E-state index is 16.7. The summed E-state index contributed by atoms with van der Waals surface area (Å²) in [6.07, 6.45) is 16.2. The zero-order valence-corrected chi connectivity index (χ0v) is 38.9. The molecular formula is C53H67F3N2O3S. The van der Waals surface area contributed by atoms with Crippen LogP contribution >= 0.6 is 11.8 Å². The molecule has 1 saturated carbocycles. The molecule has 0 radical (unpaired) electrons. The number of thioether (sulfide) groups is 1. The van der Waals surface area contributed by atoms with E-state index in [9.17, 15) is 19.4 Å². The lowest BCUT2D eigenvalue weighted by Gasteiger charge is -2.37. The summed E-state index contributed by atoms with van der Waals surface area (Å²) < 4.78 is 51.7. The number of benzene rings is 1. The molecule has 1 aromatic carbocycles. The van der Waals surface area contributed by atoms with Gasteiger partial charge in [-0.05, 0) is 150 Å². The molecule has 5 nitrogen and oxygen atoms in total. The Bertz CT molecular complexity index is 2140. The number of rotatable bonds is 21. The van der Waals surface area contributed by atoms with E-state index in [1.165, 1.54) is 24.8 Å². The van der Waals surface area contributed by atoms with Crippen LogP contribution in [0.2, 0.25) is 0 Å². The highest BCUT2D eigenvalue weighted by molar-refractivity contribution is 8.00. The number of ether oxygens (including phenoxy) is 1. The highest BCUT2D eigenvalue weighted by Crippen LogP contribution is 2.43. The zero-order valence-electron chi connectivity index (χ0n) is 38.1. The molecule has 5 unspecified atom stereocenters. The van der Waals surface area contributed by atoms with Crippen LogP contribution in [-0.2, 0) is 26.4 Å². The summed E-state index contributed by atoms with van der Waals surface area (Å²) in [5, 5.41) is 18.4. The lowest BCUT2D eigenvalue weighted by molar-refractivity contribution is -0.124. The van der Waals surface area contributed by atoms with Gasteiger partial charge in [0.25, 0.3) is 0 Å². The van der Waals surface area contributed by atoms with Gasteiger partial charge in [0.05, 0.1) is 16.0 Å². The molecule has 4 rings (SSSR count). The molecular weight excluding hydrogens is 802 g/mol. The highest BCUT2D eigenvalue weighted by atomic mass is 32.2. The van der Waals surface area contributed by atoms with Crippen LogP contribution in [0.1, 0.15) is 117 Å². The van der Waals surface area contributed by atoms with Crippen LogP contribution < -0.4 is 0 Å². The van der Waals surface area contributed by atoms with E-state index in [4.69, 9.17) is 10.1 Å². The molecule has 1 fully saturated rings. The van der Waals surface area contributed by atoms with E-state index in [1.54, 1.807) is 49.4 Å². The number of alkyl halides is 3. The molecule has 0 spiro atoms.